The molecule has 3 rings (SSSR count). The Hall–Kier alpha value is -2.25. The molecule has 2 aliphatic rings. The van der Waals surface area contributed by atoms with Crippen LogP contribution >= 0.6 is 0 Å². The van der Waals surface area contributed by atoms with Gasteiger partial charge in [0.25, 0.3) is 10.2 Å². The van der Waals surface area contributed by atoms with Crippen LogP contribution in [0.3, 0.4) is 0 Å². The first-order valence-corrected chi connectivity index (χ1v) is 13.9. The smallest absolute Gasteiger partial charge is 0.321 e. The number of carboxylic acids is 1. The second kappa shape index (κ2) is 15.1. The normalized spacial score (nSPS) is 21.1. The van der Waals surface area contributed by atoms with Crippen LogP contribution in [0.5, 0.6) is 5.75 Å². The summed E-state index contributed by atoms with van der Waals surface area (Å²) >= 11 is 0. The number of carbonyl (C=O) groups excluding carboxylic acids is 1. The number of amides is 1. The van der Waals surface area contributed by atoms with Crippen molar-refractivity contribution in [2.24, 2.45) is 11.7 Å². The molecule has 0 aliphatic carbocycles. The molecule has 0 spiro atoms. The number of carbonyl (C=O) groups is 2. The third-order valence-corrected chi connectivity index (χ3v) is 7.09. The minimum atomic E-state index is -4.34. The fourth-order valence-electron chi connectivity index (χ4n) is 3.67. The standard InChI is InChI=1S/C24H40N4O7S/c1-17(2)22-16-34-13-5-6-14-35-19-10-8-18(9-11-19)15-21(23(29)26-22)28-36(32,33)27-20(24(30)31)7-3-4-12-25/h8-11,17,20-22,27-28H,3-7,12-16,25H2,1-2H3,(H,26,29)(H,30,31)/t20?,21-,22-/m1/s1. The van der Waals surface area contributed by atoms with Gasteiger partial charge in [0.15, 0.2) is 0 Å². The van der Waals surface area contributed by atoms with Crippen LogP contribution in [0.25, 0.3) is 0 Å². The van der Waals surface area contributed by atoms with Crippen LogP contribution in [0.1, 0.15) is 51.5 Å². The number of unbranched alkanes of at least 4 members (excludes halogenated alkanes) is 1. The second-order valence-electron chi connectivity index (χ2n) is 9.30. The molecular weight excluding hydrogens is 488 g/mol. The van der Waals surface area contributed by atoms with Gasteiger partial charge in [-0.3, -0.25) is 9.59 Å². The molecule has 0 radical (unpaired) electrons. The van der Waals surface area contributed by atoms with E-state index in [2.05, 4.69) is 14.8 Å². The lowest BCUT2D eigenvalue weighted by atomic mass is 10.0. The fraction of sp³-hybridized carbons (Fsp3) is 0.667. The summed E-state index contributed by atoms with van der Waals surface area (Å²) in [7, 11) is -4.34. The summed E-state index contributed by atoms with van der Waals surface area (Å²) in [5.41, 5.74) is 6.17. The monoisotopic (exact) mass is 528 g/mol. The molecule has 0 saturated carbocycles. The van der Waals surface area contributed by atoms with Crippen molar-refractivity contribution in [2.45, 2.75) is 70.5 Å². The molecule has 0 aromatic heterocycles. The van der Waals surface area contributed by atoms with E-state index in [0.29, 0.717) is 43.9 Å². The summed E-state index contributed by atoms with van der Waals surface area (Å²) in [4.78, 5) is 24.9. The molecule has 36 heavy (non-hydrogen) atoms. The van der Waals surface area contributed by atoms with Crippen molar-refractivity contribution in [2.75, 3.05) is 26.4 Å². The summed E-state index contributed by atoms with van der Waals surface area (Å²) in [5.74, 6) is -1.10. The molecule has 204 valence electrons. The predicted octanol–water partition coefficient (Wildman–Crippen LogP) is 0.934. The van der Waals surface area contributed by atoms with Crippen molar-refractivity contribution in [3.8, 4) is 5.75 Å². The molecule has 3 atom stereocenters. The van der Waals surface area contributed by atoms with Crippen LogP contribution in [0.2, 0.25) is 0 Å². The molecule has 11 nitrogen and oxygen atoms in total. The number of rotatable bonds is 10. The predicted molar refractivity (Wildman–Crippen MR) is 136 cm³/mol. The van der Waals surface area contributed by atoms with Crippen molar-refractivity contribution in [1.82, 2.24) is 14.8 Å². The number of hydrogen-bond acceptors (Lipinski definition) is 7. The van der Waals surface area contributed by atoms with Gasteiger partial charge < -0.3 is 25.6 Å². The molecule has 6 N–H and O–H groups in total. The van der Waals surface area contributed by atoms with Gasteiger partial charge in [-0.05, 0) is 62.3 Å². The van der Waals surface area contributed by atoms with Gasteiger partial charge in [0.2, 0.25) is 5.91 Å². The Morgan fingerprint density at radius 2 is 1.89 bits per heavy atom. The number of hydrogen-bond donors (Lipinski definition) is 5. The third-order valence-electron chi connectivity index (χ3n) is 5.90. The molecule has 0 saturated heterocycles. The average Bonchev–Trinajstić information content (AvgIpc) is 2.81. The highest BCUT2D eigenvalue weighted by atomic mass is 32.2. The summed E-state index contributed by atoms with van der Waals surface area (Å²) in [6.45, 7) is 5.62. The lowest BCUT2D eigenvalue weighted by Crippen LogP contribution is -2.56. The molecule has 2 heterocycles. The highest BCUT2D eigenvalue weighted by Gasteiger charge is 2.30. The average molecular weight is 529 g/mol. The van der Waals surface area contributed by atoms with E-state index in [0.717, 1.165) is 12.8 Å². The van der Waals surface area contributed by atoms with Crippen molar-refractivity contribution < 1.29 is 32.6 Å². The third kappa shape index (κ3) is 10.8. The first-order valence-electron chi connectivity index (χ1n) is 12.4. The van der Waals surface area contributed by atoms with Crippen LogP contribution in [-0.2, 0) is 31.0 Å². The Kier molecular flexibility index (Phi) is 12.6. The van der Waals surface area contributed by atoms with E-state index in [1.165, 1.54) is 0 Å². The van der Waals surface area contributed by atoms with E-state index in [4.69, 9.17) is 15.2 Å². The second-order valence-corrected chi connectivity index (χ2v) is 10.8. The van der Waals surface area contributed by atoms with E-state index < -0.39 is 34.2 Å². The van der Waals surface area contributed by atoms with Crippen molar-refractivity contribution >= 4 is 22.1 Å². The van der Waals surface area contributed by atoms with Gasteiger partial charge in [0.1, 0.15) is 17.8 Å². The largest absolute Gasteiger partial charge is 0.494 e. The van der Waals surface area contributed by atoms with Crippen LogP contribution in [-0.4, -0.2) is 69.9 Å². The number of carboxylic acid groups (broad SMARTS) is 1. The van der Waals surface area contributed by atoms with Gasteiger partial charge in [-0.2, -0.15) is 17.9 Å². The molecule has 12 heteroatoms. The van der Waals surface area contributed by atoms with Gasteiger partial charge in [0, 0.05) is 6.61 Å². The van der Waals surface area contributed by atoms with Crippen LogP contribution in [0.15, 0.2) is 24.3 Å². The first-order chi connectivity index (χ1) is 17.1. The number of aliphatic carboxylic acids is 1. The zero-order valence-electron chi connectivity index (χ0n) is 21.1. The highest BCUT2D eigenvalue weighted by molar-refractivity contribution is 7.87. The van der Waals surface area contributed by atoms with Crippen LogP contribution in [0.4, 0.5) is 0 Å². The molecule has 2 aliphatic heterocycles. The molecule has 1 aromatic rings. The van der Waals surface area contributed by atoms with Gasteiger partial charge in [0.05, 0.1) is 19.3 Å². The number of fused-ring (bicyclic) bond motifs is 13. The highest BCUT2D eigenvalue weighted by Crippen LogP contribution is 2.15. The van der Waals surface area contributed by atoms with E-state index in [9.17, 15) is 23.1 Å². The number of ether oxygens (including phenoxy) is 2. The maximum atomic E-state index is 13.3. The minimum absolute atomic E-state index is 0.0461. The zero-order chi connectivity index (χ0) is 26.6. The maximum absolute atomic E-state index is 13.3. The topological polar surface area (TPSA) is 169 Å². The quantitative estimate of drug-likeness (QED) is 0.279. The Balaban J connectivity index is 2.25. The molecule has 1 aromatic carbocycles. The Morgan fingerprint density at radius 3 is 2.53 bits per heavy atom. The molecule has 2 bridgehead atoms. The van der Waals surface area contributed by atoms with E-state index in [1.807, 2.05) is 13.8 Å². The molecule has 1 unspecified atom stereocenters. The number of nitrogens with one attached hydrogen (secondary N) is 3. The Bertz CT molecular complexity index is 925. The summed E-state index contributed by atoms with van der Waals surface area (Å²) in [6, 6.07) is 4.26. The maximum Gasteiger partial charge on any atom is 0.321 e. The summed E-state index contributed by atoms with van der Waals surface area (Å²) in [6.07, 6.45) is 2.80. The van der Waals surface area contributed by atoms with Crippen molar-refractivity contribution in [1.29, 1.82) is 0 Å². The van der Waals surface area contributed by atoms with Crippen LogP contribution in [0, 0.1) is 5.92 Å². The number of benzene rings is 1. The SMILES string of the molecule is CC(C)[C@H]1COCCCCOc2ccc(cc2)C[C@@H](NS(=O)(=O)NC(CCCCN)C(=O)O)C(=O)N1. The summed E-state index contributed by atoms with van der Waals surface area (Å²) in [5, 5.41) is 12.4. The zero-order valence-corrected chi connectivity index (χ0v) is 21.9. The van der Waals surface area contributed by atoms with Gasteiger partial charge in [-0.25, -0.2) is 0 Å². The van der Waals surface area contributed by atoms with Gasteiger partial charge in [-0.15, -0.1) is 0 Å². The molecule has 1 amide bonds. The first kappa shape index (κ1) is 30.0. The van der Waals surface area contributed by atoms with E-state index in [1.54, 1.807) is 24.3 Å². The van der Waals surface area contributed by atoms with Crippen LogP contribution < -0.4 is 25.2 Å². The van der Waals surface area contributed by atoms with Crippen molar-refractivity contribution in [3.63, 3.8) is 0 Å². The molecular formula is C24H40N4O7S. The van der Waals surface area contributed by atoms with E-state index >= 15 is 0 Å². The van der Waals surface area contributed by atoms with Gasteiger partial charge >= 0.3 is 5.97 Å². The summed E-state index contributed by atoms with van der Waals surface area (Å²) < 4.78 is 41.8. The molecule has 0 fully saturated rings. The minimum Gasteiger partial charge on any atom is -0.494 e. The Labute approximate surface area is 213 Å². The fourth-order valence-corrected chi connectivity index (χ4v) is 4.90. The Morgan fingerprint density at radius 1 is 1.19 bits per heavy atom. The van der Waals surface area contributed by atoms with Gasteiger partial charge in [-0.1, -0.05) is 32.4 Å². The number of nitrogens with two attached hydrogens (primary N) is 1. The van der Waals surface area contributed by atoms with Crippen molar-refractivity contribution in [3.05, 3.63) is 29.8 Å². The van der Waals surface area contributed by atoms with E-state index in [-0.39, 0.29) is 31.4 Å². The lowest BCUT2D eigenvalue weighted by molar-refractivity contribution is -0.139. The lowest BCUT2D eigenvalue weighted by Gasteiger charge is -2.26.